The van der Waals surface area contributed by atoms with Crippen LogP contribution in [0.25, 0.3) is 11.0 Å². The molecule has 1 aliphatic heterocycles. The first kappa shape index (κ1) is 13.6. The molecule has 0 N–H and O–H groups in total. The lowest BCUT2D eigenvalue weighted by Crippen LogP contribution is -2.35. The first-order valence-corrected chi connectivity index (χ1v) is 7.42. The lowest BCUT2D eigenvalue weighted by Gasteiger charge is -2.17. The van der Waals surface area contributed by atoms with Crippen molar-refractivity contribution in [2.75, 3.05) is 11.4 Å². The minimum absolute atomic E-state index is 0.0228. The minimum atomic E-state index is -0.246. The number of para-hydroxylation sites is 1. The first-order chi connectivity index (χ1) is 11.2. The van der Waals surface area contributed by atoms with E-state index in [-0.39, 0.29) is 18.0 Å². The fourth-order valence-corrected chi connectivity index (χ4v) is 2.94. The van der Waals surface area contributed by atoms with Gasteiger partial charge in [-0.25, -0.2) is 9.97 Å². The molecule has 0 unspecified atom stereocenters. The Morgan fingerprint density at radius 3 is 2.91 bits per heavy atom. The number of fused-ring (bicyclic) bond motifs is 2. The topological polar surface area (TPSA) is 68.1 Å². The van der Waals surface area contributed by atoms with E-state index in [0.29, 0.717) is 17.6 Å². The molecule has 0 saturated heterocycles. The van der Waals surface area contributed by atoms with Crippen LogP contribution < -0.4 is 10.5 Å². The quantitative estimate of drug-likeness (QED) is 0.717. The molecular weight excluding hydrogens is 292 g/mol. The number of hydrogen-bond acceptors (Lipinski definition) is 4. The molecule has 3 aromatic rings. The maximum absolute atomic E-state index is 12.6. The molecule has 4 rings (SSSR count). The Kier molecular flexibility index (Phi) is 3.15. The van der Waals surface area contributed by atoms with E-state index in [0.717, 1.165) is 17.7 Å². The predicted octanol–water partition coefficient (Wildman–Crippen LogP) is 1.38. The lowest BCUT2D eigenvalue weighted by atomic mass is 10.2. The summed E-state index contributed by atoms with van der Waals surface area (Å²) in [6.07, 6.45) is 3.82. The molecule has 6 nitrogen and oxygen atoms in total. The molecule has 1 aliphatic rings. The van der Waals surface area contributed by atoms with Crippen molar-refractivity contribution in [3.8, 4) is 0 Å². The van der Waals surface area contributed by atoms with E-state index in [4.69, 9.17) is 0 Å². The van der Waals surface area contributed by atoms with Crippen LogP contribution in [0.1, 0.15) is 5.56 Å². The van der Waals surface area contributed by atoms with Gasteiger partial charge in [-0.05, 0) is 30.2 Å². The number of pyridine rings is 1. The number of hydrogen-bond donors (Lipinski definition) is 0. The molecule has 23 heavy (non-hydrogen) atoms. The monoisotopic (exact) mass is 306 g/mol. The molecule has 0 aliphatic carbocycles. The molecule has 0 atom stereocenters. The predicted molar refractivity (Wildman–Crippen MR) is 86.3 cm³/mol. The zero-order valence-corrected chi connectivity index (χ0v) is 12.3. The summed E-state index contributed by atoms with van der Waals surface area (Å²) in [5.74, 6) is -0.109. The van der Waals surface area contributed by atoms with Gasteiger partial charge in [0.2, 0.25) is 5.91 Å². The van der Waals surface area contributed by atoms with Gasteiger partial charge in [0.1, 0.15) is 12.9 Å². The molecule has 0 radical (unpaired) electrons. The van der Waals surface area contributed by atoms with Gasteiger partial charge in [-0.1, -0.05) is 18.2 Å². The number of benzene rings is 1. The highest BCUT2D eigenvalue weighted by molar-refractivity contribution is 5.95. The highest BCUT2D eigenvalue weighted by Crippen LogP contribution is 2.27. The normalized spacial score (nSPS) is 13.3. The average molecular weight is 306 g/mol. The Morgan fingerprint density at radius 2 is 2.00 bits per heavy atom. The van der Waals surface area contributed by atoms with Crippen LogP contribution in [-0.2, 0) is 17.8 Å². The molecule has 6 heteroatoms. The maximum atomic E-state index is 12.6. The van der Waals surface area contributed by atoms with E-state index in [1.54, 1.807) is 23.2 Å². The molecule has 0 bridgehead atoms. The number of amides is 1. The molecule has 0 spiro atoms. The highest BCUT2D eigenvalue weighted by Gasteiger charge is 2.24. The van der Waals surface area contributed by atoms with Gasteiger partial charge in [-0.3, -0.25) is 14.2 Å². The van der Waals surface area contributed by atoms with Crippen LogP contribution in [0.5, 0.6) is 0 Å². The van der Waals surface area contributed by atoms with Crippen molar-refractivity contribution in [1.82, 2.24) is 14.5 Å². The van der Waals surface area contributed by atoms with Crippen LogP contribution >= 0.6 is 0 Å². The van der Waals surface area contributed by atoms with E-state index in [2.05, 4.69) is 9.97 Å². The average Bonchev–Trinajstić information content (AvgIpc) is 3.02. The van der Waals surface area contributed by atoms with Crippen molar-refractivity contribution in [3.05, 3.63) is 64.8 Å². The van der Waals surface area contributed by atoms with E-state index in [1.807, 2.05) is 24.3 Å². The van der Waals surface area contributed by atoms with Crippen molar-refractivity contribution in [3.63, 3.8) is 0 Å². The van der Waals surface area contributed by atoms with Crippen LogP contribution in [0.15, 0.2) is 53.7 Å². The molecule has 0 fully saturated rings. The summed E-state index contributed by atoms with van der Waals surface area (Å²) in [7, 11) is 0. The summed E-state index contributed by atoms with van der Waals surface area (Å²) in [5, 5.41) is 0.421. The minimum Gasteiger partial charge on any atom is -0.310 e. The van der Waals surface area contributed by atoms with Gasteiger partial charge in [-0.15, -0.1) is 0 Å². The van der Waals surface area contributed by atoms with Crippen LogP contribution in [0.3, 0.4) is 0 Å². The second-order valence-corrected chi connectivity index (χ2v) is 5.48. The molecule has 114 valence electrons. The Bertz CT molecular complexity index is 964. The molecular formula is C17H14N4O2. The second kappa shape index (κ2) is 5.31. The summed E-state index contributed by atoms with van der Waals surface area (Å²) >= 11 is 0. The third-order valence-corrected chi connectivity index (χ3v) is 4.09. The van der Waals surface area contributed by atoms with Gasteiger partial charge >= 0.3 is 0 Å². The molecule has 0 saturated carbocycles. The van der Waals surface area contributed by atoms with Crippen molar-refractivity contribution >= 4 is 22.6 Å². The van der Waals surface area contributed by atoms with Crippen molar-refractivity contribution in [2.24, 2.45) is 0 Å². The van der Waals surface area contributed by atoms with Gasteiger partial charge in [0, 0.05) is 18.4 Å². The summed E-state index contributed by atoms with van der Waals surface area (Å²) in [6.45, 7) is 0.625. The van der Waals surface area contributed by atoms with E-state index in [1.165, 1.54) is 10.9 Å². The summed E-state index contributed by atoms with van der Waals surface area (Å²) in [5.41, 5.74) is 2.24. The fourth-order valence-electron chi connectivity index (χ4n) is 2.94. The Morgan fingerprint density at radius 1 is 1.13 bits per heavy atom. The van der Waals surface area contributed by atoms with Crippen LogP contribution in [0.2, 0.25) is 0 Å². The molecule has 2 aromatic heterocycles. The number of aromatic nitrogens is 3. The first-order valence-electron chi connectivity index (χ1n) is 7.42. The van der Waals surface area contributed by atoms with Crippen LogP contribution in [0.4, 0.5) is 5.69 Å². The van der Waals surface area contributed by atoms with Crippen molar-refractivity contribution in [1.29, 1.82) is 0 Å². The van der Waals surface area contributed by atoms with Crippen LogP contribution in [0, 0.1) is 0 Å². The van der Waals surface area contributed by atoms with Crippen molar-refractivity contribution in [2.45, 2.75) is 13.0 Å². The fraction of sp³-hybridized carbons (Fsp3) is 0.176. The summed E-state index contributed by atoms with van der Waals surface area (Å²) in [6, 6.07) is 11.2. The number of nitrogens with zero attached hydrogens (tertiary/aromatic N) is 4. The van der Waals surface area contributed by atoms with Gasteiger partial charge in [0.05, 0.1) is 5.39 Å². The van der Waals surface area contributed by atoms with Gasteiger partial charge in [0.25, 0.3) is 5.56 Å². The Balaban J connectivity index is 1.65. The number of carbonyl (C=O) groups is 1. The van der Waals surface area contributed by atoms with Crippen LogP contribution in [-0.4, -0.2) is 27.0 Å². The van der Waals surface area contributed by atoms with E-state index >= 15 is 0 Å². The van der Waals surface area contributed by atoms with Crippen molar-refractivity contribution < 1.29 is 4.79 Å². The summed E-state index contributed by atoms with van der Waals surface area (Å²) < 4.78 is 1.34. The van der Waals surface area contributed by atoms with E-state index in [9.17, 15) is 9.59 Å². The third kappa shape index (κ3) is 2.28. The Hall–Kier alpha value is -3.02. The number of anilines is 1. The Labute approximate surface area is 132 Å². The number of rotatable bonds is 2. The third-order valence-electron chi connectivity index (χ3n) is 4.09. The second-order valence-electron chi connectivity index (χ2n) is 5.48. The summed E-state index contributed by atoms with van der Waals surface area (Å²) in [4.78, 5) is 35.0. The zero-order valence-electron chi connectivity index (χ0n) is 12.3. The molecule has 1 amide bonds. The SMILES string of the molecule is O=C(Cn1cnc2ncccc2c1=O)N1CCc2ccccc21. The number of carbonyl (C=O) groups excluding carboxylic acids is 1. The standard InChI is InChI=1S/C17H14N4O2/c22-15(21-9-7-12-4-1-2-6-14(12)21)10-20-11-19-16-13(17(20)23)5-3-8-18-16/h1-6,8,11H,7,9-10H2. The van der Waals surface area contributed by atoms with E-state index < -0.39 is 0 Å². The smallest absolute Gasteiger partial charge is 0.263 e. The van der Waals surface area contributed by atoms with Gasteiger partial charge in [-0.2, -0.15) is 0 Å². The van der Waals surface area contributed by atoms with Gasteiger partial charge in [0.15, 0.2) is 5.65 Å². The van der Waals surface area contributed by atoms with Gasteiger partial charge < -0.3 is 4.90 Å². The lowest BCUT2D eigenvalue weighted by molar-refractivity contribution is -0.119. The zero-order chi connectivity index (χ0) is 15.8. The molecule has 1 aromatic carbocycles. The maximum Gasteiger partial charge on any atom is 0.263 e. The largest absolute Gasteiger partial charge is 0.310 e. The highest BCUT2D eigenvalue weighted by atomic mass is 16.2. The molecule has 3 heterocycles.